The summed E-state index contributed by atoms with van der Waals surface area (Å²) in [4.78, 5) is 7.20. The topological polar surface area (TPSA) is 32.6 Å². The van der Waals surface area contributed by atoms with Gasteiger partial charge in [-0.25, -0.2) is 4.98 Å². The molecule has 2 aromatic heterocycles. The monoisotopic (exact) mass is 278 g/mol. The summed E-state index contributed by atoms with van der Waals surface area (Å²) >= 11 is 0. The fraction of sp³-hybridized carbons (Fsp3) is 0.235. The van der Waals surface area contributed by atoms with Crippen molar-refractivity contribution in [1.29, 1.82) is 0 Å². The molecule has 4 rings (SSSR count). The number of hydrogen-bond acceptors (Lipinski definition) is 3. The number of aromatic nitrogens is 2. The van der Waals surface area contributed by atoms with Crippen LogP contribution in [0.4, 0.5) is 11.5 Å². The van der Waals surface area contributed by atoms with Gasteiger partial charge >= 0.3 is 0 Å². The van der Waals surface area contributed by atoms with Crippen molar-refractivity contribution >= 4 is 17.2 Å². The highest BCUT2D eigenvalue weighted by Crippen LogP contribution is 2.35. The van der Waals surface area contributed by atoms with Crippen molar-refractivity contribution in [3.63, 3.8) is 0 Å². The Morgan fingerprint density at radius 2 is 2.00 bits per heavy atom. The number of pyridine rings is 1. The summed E-state index contributed by atoms with van der Waals surface area (Å²) in [6, 6.07) is 14.8. The molecule has 0 amide bonds. The summed E-state index contributed by atoms with van der Waals surface area (Å²) in [6.07, 6.45) is 3.17. The average molecular weight is 278 g/mol. The number of hydrogen-bond donors (Lipinski definition) is 1. The van der Waals surface area contributed by atoms with Crippen LogP contribution in [0.2, 0.25) is 0 Å². The number of nitrogens with zero attached hydrogens (tertiary/aromatic N) is 3. The van der Waals surface area contributed by atoms with E-state index < -0.39 is 0 Å². The zero-order chi connectivity index (χ0) is 14.2. The van der Waals surface area contributed by atoms with Crippen LogP contribution >= 0.6 is 0 Å². The van der Waals surface area contributed by atoms with Crippen molar-refractivity contribution in [3.8, 4) is 0 Å². The van der Waals surface area contributed by atoms with Crippen molar-refractivity contribution < 1.29 is 0 Å². The molecule has 1 aliphatic heterocycles. The zero-order valence-corrected chi connectivity index (χ0v) is 12.1. The molecule has 0 bridgehead atoms. The maximum absolute atomic E-state index is 4.86. The van der Waals surface area contributed by atoms with Gasteiger partial charge in [-0.3, -0.25) is 0 Å². The smallest absolute Gasteiger partial charge is 0.156 e. The van der Waals surface area contributed by atoms with Gasteiger partial charge < -0.3 is 14.6 Å². The molecule has 1 aliphatic rings. The van der Waals surface area contributed by atoms with Gasteiger partial charge in [0, 0.05) is 25.0 Å². The number of rotatable bonds is 3. The number of nitrogens with one attached hydrogen (secondary N) is 1. The summed E-state index contributed by atoms with van der Waals surface area (Å²) in [5, 5.41) is 3.26. The van der Waals surface area contributed by atoms with E-state index in [9.17, 15) is 0 Å². The lowest BCUT2D eigenvalue weighted by Gasteiger charge is -2.18. The highest BCUT2D eigenvalue weighted by molar-refractivity contribution is 5.71. The minimum absolute atomic E-state index is 0.805. The highest BCUT2D eigenvalue weighted by atomic mass is 15.3. The van der Waals surface area contributed by atoms with Gasteiger partial charge in [0.15, 0.2) is 5.82 Å². The molecule has 3 aromatic rings. The predicted octanol–water partition coefficient (Wildman–Crippen LogP) is 2.75. The third-order valence-corrected chi connectivity index (χ3v) is 4.09. The Labute approximate surface area is 124 Å². The Bertz CT molecular complexity index is 790. The van der Waals surface area contributed by atoms with E-state index in [-0.39, 0.29) is 0 Å². The van der Waals surface area contributed by atoms with Crippen LogP contribution in [0.3, 0.4) is 0 Å². The van der Waals surface area contributed by atoms with E-state index in [1.807, 2.05) is 13.1 Å². The number of fused-ring (bicyclic) bond motifs is 2. The molecule has 4 heteroatoms. The summed E-state index contributed by atoms with van der Waals surface area (Å²) in [5.74, 6) is 1.07. The summed E-state index contributed by atoms with van der Waals surface area (Å²) in [7, 11) is 1.98. The maximum Gasteiger partial charge on any atom is 0.156 e. The maximum atomic E-state index is 4.86. The first-order valence-corrected chi connectivity index (χ1v) is 7.34. The van der Waals surface area contributed by atoms with Crippen LogP contribution < -0.4 is 10.2 Å². The van der Waals surface area contributed by atoms with E-state index in [2.05, 4.69) is 57.2 Å². The van der Waals surface area contributed by atoms with Gasteiger partial charge in [0.05, 0.1) is 5.69 Å². The molecule has 3 heterocycles. The molecule has 0 unspecified atom stereocenters. The second-order valence-corrected chi connectivity index (χ2v) is 5.37. The van der Waals surface area contributed by atoms with Crippen molar-refractivity contribution in [3.05, 3.63) is 59.9 Å². The largest absolute Gasteiger partial charge is 0.324 e. The van der Waals surface area contributed by atoms with Gasteiger partial charge in [-0.2, -0.15) is 0 Å². The van der Waals surface area contributed by atoms with Gasteiger partial charge in [-0.05, 0) is 37.2 Å². The number of benzene rings is 1. The lowest BCUT2D eigenvalue weighted by Crippen LogP contribution is -2.18. The van der Waals surface area contributed by atoms with E-state index in [0.717, 1.165) is 31.0 Å². The van der Waals surface area contributed by atoms with Gasteiger partial charge in [0.1, 0.15) is 5.65 Å². The van der Waals surface area contributed by atoms with Crippen molar-refractivity contribution in [2.45, 2.75) is 13.0 Å². The van der Waals surface area contributed by atoms with Gasteiger partial charge in [-0.1, -0.05) is 24.3 Å². The molecule has 1 N–H and O–H groups in total. The van der Waals surface area contributed by atoms with Crippen LogP contribution in [0, 0.1) is 0 Å². The Balaban J connectivity index is 1.89. The van der Waals surface area contributed by atoms with Crippen molar-refractivity contribution in [2.24, 2.45) is 0 Å². The number of imidazole rings is 1. The summed E-state index contributed by atoms with van der Waals surface area (Å²) in [6.45, 7) is 1.80. The van der Waals surface area contributed by atoms with Crippen LogP contribution in [0.1, 0.15) is 11.3 Å². The first-order valence-electron chi connectivity index (χ1n) is 7.34. The minimum Gasteiger partial charge on any atom is -0.324 e. The minimum atomic E-state index is 0.805. The molecule has 4 nitrogen and oxygen atoms in total. The molecule has 0 fully saturated rings. The summed E-state index contributed by atoms with van der Waals surface area (Å²) < 4.78 is 2.17. The Morgan fingerprint density at radius 3 is 2.90 bits per heavy atom. The average Bonchev–Trinajstić information content (AvgIpc) is 3.09. The van der Waals surface area contributed by atoms with Crippen LogP contribution in [-0.4, -0.2) is 23.0 Å². The Hall–Kier alpha value is -2.33. The fourth-order valence-electron chi connectivity index (χ4n) is 3.14. The van der Waals surface area contributed by atoms with E-state index in [4.69, 9.17) is 4.98 Å². The molecule has 0 atom stereocenters. The van der Waals surface area contributed by atoms with Gasteiger partial charge in [0.2, 0.25) is 0 Å². The standard InChI is InChI=1S/C17H18N4/c1-18-12-15-17(19-16-8-4-5-10-20(15)16)21-11-9-13-6-2-3-7-14(13)21/h2-8,10,18H,9,11-12H2,1H3. The van der Waals surface area contributed by atoms with Crippen LogP contribution in [0.15, 0.2) is 48.7 Å². The summed E-state index contributed by atoms with van der Waals surface area (Å²) in [5.41, 5.74) is 4.91. The first-order chi connectivity index (χ1) is 10.4. The second-order valence-electron chi connectivity index (χ2n) is 5.37. The highest BCUT2D eigenvalue weighted by Gasteiger charge is 2.25. The van der Waals surface area contributed by atoms with E-state index in [1.165, 1.54) is 16.9 Å². The van der Waals surface area contributed by atoms with Crippen molar-refractivity contribution in [1.82, 2.24) is 14.7 Å². The lowest BCUT2D eigenvalue weighted by atomic mass is 10.2. The molecule has 106 valence electrons. The zero-order valence-electron chi connectivity index (χ0n) is 12.1. The van der Waals surface area contributed by atoms with Gasteiger partial charge in [0.25, 0.3) is 0 Å². The lowest BCUT2D eigenvalue weighted by molar-refractivity contribution is 0.778. The molecule has 0 aliphatic carbocycles. The Morgan fingerprint density at radius 1 is 1.14 bits per heavy atom. The van der Waals surface area contributed by atoms with E-state index >= 15 is 0 Å². The van der Waals surface area contributed by atoms with Crippen LogP contribution in [0.5, 0.6) is 0 Å². The molecule has 0 radical (unpaired) electrons. The van der Waals surface area contributed by atoms with Gasteiger partial charge in [-0.15, -0.1) is 0 Å². The molecular formula is C17H18N4. The predicted molar refractivity (Wildman–Crippen MR) is 85.1 cm³/mol. The molecule has 0 saturated carbocycles. The molecule has 0 spiro atoms. The second kappa shape index (κ2) is 4.90. The third kappa shape index (κ3) is 1.91. The SMILES string of the molecule is CNCc1c(N2CCc3ccccc32)nc2ccccn12. The molecule has 21 heavy (non-hydrogen) atoms. The van der Waals surface area contributed by atoms with E-state index in [0.29, 0.717) is 0 Å². The number of anilines is 2. The fourth-order valence-corrected chi connectivity index (χ4v) is 3.14. The quantitative estimate of drug-likeness (QED) is 0.799. The number of para-hydroxylation sites is 1. The molecular weight excluding hydrogens is 260 g/mol. The molecule has 0 saturated heterocycles. The first kappa shape index (κ1) is 12.4. The normalized spacial score (nSPS) is 13.9. The third-order valence-electron chi connectivity index (χ3n) is 4.09. The molecule has 1 aromatic carbocycles. The van der Waals surface area contributed by atoms with E-state index in [1.54, 1.807) is 0 Å². The van der Waals surface area contributed by atoms with Crippen LogP contribution in [0.25, 0.3) is 5.65 Å². The Kier molecular flexibility index (Phi) is 2.89. The van der Waals surface area contributed by atoms with Crippen LogP contribution in [-0.2, 0) is 13.0 Å². The van der Waals surface area contributed by atoms with Crippen molar-refractivity contribution in [2.75, 3.05) is 18.5 Å².